The van der Waals surface area contributed by atoms with Crippen molar-refractivity contribution in [3.05, 3.63) is 27.7 Å². The minimum atomic E-state index is 0.625. The van der Waals surface area contributed by atoms with E-state index in [-0.39, 0.29) is 0 Å². The zero-order valence-electron chi connectivity index (χ0n) is 10.2. The fraction of sp³-hybridized carbons (Fsp3) is 0.538. The minimum Gasteiger partial charge on any atom is -0.370 e. The second kappa shape index (κ2) is 5.59. The molecule has 2 unspecified atom stereocenters. The summed E-state index contributed by atoms with van der Waals surface area (Å²) in [4.78, 5) is 2.38. The molecule has 0 aromatic heterocycles. The number of hydrogen-bond acceptors (Lipinski definition) is 2. The second-order valence-corrected chi connectivity index (χ2v) is 6.03. The van der Waals surface area contributed by atoms with Gasteiger partial charge in [0.1, 0.15) is 0 Å². The maximum Gasteiger partial charge on any atom is 0.0650 e. The fourth-order valence-electron chi connectivity index (χ4n) is 2.53. The number of nitrogens with zero attached hydrogens (tertiary/aromatic N) is 1. The van der Waals surface area contributed by atoms with Gasteiger partial charge in [-0.05, 0) is 37.6 Å². The quantitative estimate of drug-likeness (QED) is 0.897. The molecule has 0 saturated carbocycles. The van der Waals surface area contributed by atoms with Gasteiger partial charge in [-0.25, -0.2) is 0 Å². The molecule has 0 amide bonds. The number of halogens is 2. The standard InChI is InChI=1S/C13H18BrClN2/c1-9-8-17(6-5-12(9)16-2)13-4-3-10(14)7-11(13)15/h3-4,7,9,12,16H,5-6,8H2,1-2H3. The van der Waals surface area contributed by atoms with Gasteiger partial charge in [-0.1, -0.05) is 34.5 Å². The maximum atomic E-state index is 6.29. The Morgan fingerprint density at radius 1 is 1.47 bits per heavy atom. The monoisotopic (exact) mass is 316 g/mol. The van der Waals surface area contributed by atoms with Crippen LogP contribution >= 0.6 is 27.5 Å². The van der Waals surface area contributed by atoms with E-state index in [1.807, 2.05) is 13.1 Å². The third kappa shape index (κ3) is 2.95. The van der Waals surface area contributed by atoms with Crippen molar-refractivity contribution in [2.45, 2.75) is 19.4 Å². The van der Waals surface area contributed by atoms with Crippen molar-refractivity contribution in [3.8, 4) is 0 Å². The number of benzene rings is 1. The van der Waals surface area contributed by atoms with Gasteiger partial charge in [0.15, 0.2) is 0 Å². The van der Waals surface area contributed by atoms with E-state index in [1.54, 1.807) is 0 Å². The molecule has 0 spiro atoms. The molecule has 1 fully saturated rings. The van der Waals surface area contributed by atoms with Crippen LogP contribution in [0, 0.1) is 5.92 Å². The molecule has 2 atom stereocenters. The van der Waals surface area contributed by atoms with Crippen LogP contribution in [0.3, 0.4) is 0 Å². The molecule has 1 saturated heterocycles. The van der Waals surface area contributed by atoms with Crippen molar-refractivity contribution >= 4 is 33.2 Å². The zero-order chi connectivity index (χ0) is 12.4. The van der Waals surface area contributed by atoms with Gasteiger partial charge in [-0.2, -0.15) is 0 Å². The number of nitrogens with one attached hydrogen (secondary N) is 1. The lowest BCUT2D eigenvalue weighted by Crippen LogP contribution is -2.47. The molecule has 4 heteroatoms. The summed E-state index contributed by atoms with van der Waals surface area (Å²) in [6, 6.07) is 6.74. The Labute approximate surface area is 116 Å². The molecule has 0 radical (unpaired) electrons. The molecule has 1 aromatic carbocycles. The molecule has 17 heavy (non-hydrogen) atoms. The first kappa shape index (κ1) is 13.2. The molecule has 94 valence electrons. The normalized spacial score (nSPS) is 25.1. The van der Waals surface area contributed by atoms with E-state index in [0.717, 1.165) is 28.3 Å². The molecular weight excluding hydrogens is 300 g/mol. The Morgan fingerprint density at radius 2 is 2.24 bits per heavy atom. The molecule has 0 bridgehead atoms. The van der Waals surface area contributed by atoms with E-state index < -0.39 is 0 Å². The van der Waals surface area contributed by atoms with Crippen LogP contribution in [0.4, 0.5) is 5.69 Å². The summed E-state index contributed by atoms with van der Waals surface area (Å²) in [5.74, 6) is 0.647. The molecule has 0 aliphatic carbocycles. The summed E-state index contributed by atoms with van der Waals surface area (Å²) in [5.41, 5.74) is 1.15. The highest BCUT2D eigenvalue weighted by atomic mass is 79.9. The van der Waals surface area contributed by atoms with Gasteiger partial charge >= 0.3 is 0 Å². The zero-order valence-corrected chi connectivity index (χ0v) is 12.6. The lowest BCUT2D eigenvalue weighted by atomic mass is 9.93. The highest BCUT2D eigenvalue weighted by molar-refractivity contribution is 9.10. The van der Waals surface area contributed by atoms with Crippen molar-refractivity contribution in [3.63, 3.8) is 0 Å². The molecule has 2 rings (SSSR count). The molecule has 2 nitrogen and oxygen atoms in total. The molecule has 1 N–H and O–H groups in total. The number of anilines is 1. The molecule has 1 aromatic rings. The smallest absolute Gasteiger partial charge is 0.0650 e. The highest BCUT2D eigenvalue weighted by Crippen LogP contribution is 2.31. The van der Waals surface area contributed by atoms with Crippen LogP contribution in [-0.4, -0.2) is 26.2 Å². The average Bonchev–Trinajstić information content (AvgIpc) is 2.29. The number of piperidine rings is 1. The first-order valence-corrected chi connectivity index (χ1v) is 7.16. The summed E-state index contributed by atoms with van der Waals surface area (Å²) >= 11 is 9.73. The topological polar surface area (TPSA) is 15.3 Å². The Hall–Kier alpha value is -0.250. The third-order valence-corrected chi connectivity index (χ3v) is 4.32. The van der Waals surface area contributed by atoms with E-state index in [9.17, 15) is 0 Å². The molecule has 1 aliphatic heterocycles. The first-order chi connectivity index (χ1) is 8.11. The largest absolute Gasteiger partial charge is 0.370 e. The fourth-order valence-corrected chi connectivity index (χ4v) is 3.32. The van der Waals surface area contributed by atoms with E-state index in [1.165, 1.54) is 6.42 Å². The van der Waals surface area contributed by atoms with Gasteiger partial charge in [0.25, 0.3) is 0 Å². The van der Waals surface area contributed by atoms with Gasteiger partial charge in [-0.15, -0.1) is 0 Å². The summed E-state index contributed by atoms with van der Waals surface area (Å²) in [6.45, 7) is 4.42. The first-order valence-electron chi connectivity index (χ1n) is 5.99. The van der Waals surface area contributed by atoms with Crippen molar-refractivity contribution in [1.82, 2.24) is 5.32 Å². The number of rotatable bonds is 2. The minimum absolute atomic E-state index is 0.625. The predicted molar refractivity (Wildman–Crippen MR) is 78.0 cm³/mol. The molecule has 1 aliphatic rings. The summed E-state index contributed by atoms with van der Waals surface area (Å²) in [5, 5.41) is 4.21. The molecule has 1 heterocycles. The van der Waals surface area contributed by atoms with E-state index in [4.69, 9.17) is 11.6 Å². The van der Waals surface area contributed by atoms with Crippen LogP contribution in [0.1, 0.15) is 13.3 Å². The Morgan fingerprint density at radius 3 is 2.82 bits per heavy atom. The number of hydrogen-bond donors (Lipinski definition) is 1. The van der Waals surface area contributed by atoms with Gasteiger partial charge in [-0.3, -0.25) is 0 Å². The van der Waals surface area contributed by atoms with E-state index >= 15 is 0 Å². The van der Waals surface area contributed by atoms with Gasteiger partial charge in [0.2, 0.25) is 0 Å². The SMILES string of the molecule is CNC1CCN(c2ccc(Br)cc2Cl)CC1C. The lowest BCUT2D eigenvalue weighted by Gasteiger charge is -2.38. The Balaban J connectivity index is 2.14. The van der Waals surface area contributed by atoms with E-state index in [2.05, 4.69) is 45.2 Å². The van der Waals surface area contributed by atoms with Crippen molar-refractivity contribution in [2.75, 3.05) is 25.0 Å². The maximum absolute atomic E-state index is 6.29. The predicted octanol–water partition coefficient (Wildman–Crippen LogP) is 3.54. The van der Waals surface area contributed by atoms with Crippen LogP contribution in [0.5, 0.6) is 0 Å². The Bertz CT molecular complexity index is 397. The third-order valence-electron chi connectivity index (χ3n) is 3.53. The van der Waals surface area contributed by atoms with Crippen LogP contribution < -0.4 is 10.2 Å². The van der Waals surface area contributed by atoms with Crippen LogP contribution in [0.25, 0.3) is 0 Å². The van der Waals surface area contributed by atoms with Crippen molar-refractivity contribution in [1.29, 1.82) is 0 Å². The van der Waals surface area contributed by atoms with Crippen molar-refractivity contribution < 1.29 is 0 Å². The molecular formula is C13H18BrClN2. The highest BCUT2D eigenvalue weighted by Gasteiger charge is 2.25. The van der Waals surface area contributed by atoms with Crippen LogP contribution in [0.2, 0.25) is 5.02 Å². The average molecular weight is 318 g/mol. The summed E-state index contributed by atoms with van der Waals surface area (Å²) < 4.78 is 1.03. The van der Waals surface area contributed by atoms with Gasteiger partial charge in [0, 0.05) is 23.6 Å². The van der Waals surface area contributed by atoms with E-state index in [0.29, 0.717) is 12.0 Å². The van der Waals surface area contributed by atoms with Gasteiger partial charge in [0.05, 0.1) is 10.7 Å². The second-order valence-electron chi connectivity index (χ2n) is 4.70. The lowest BCUT2D eigenvalue weighted by molar-refractivity contribution is 0.339. The summed E-state index contributed by atoms with van der Waals surface area (Å²) in [6.07, 6.45) is 1.17. The van der Waals surface area contributed by atoms with Crippen LogP contribution in [0.15, 0.2) is 22.7 Å². The van der Waals surface area contributed by atoms with Crippen molar-refractivity contribution in [2.24, 2.45) is 5.92 Å². The Kier molecular flexibility index (Phi) is 4.34. The van der Waals surface area contributed by atoms with Gasteiger partial charge < -0.3 is 10.2 Å². The summed E-state index contributed by atoms with van der Waals surface area (Å²) in [7, 11) is 2.05. The van der Waals surface area contributed by atoms with Crippen LogP contribution in [-0.2, 0) is 0 Å².